The molecule has 0 bridgehead atoms. The Morgan fingerprint density at radius 3 is 2.70 bits per heavy atom. The van der Waals surface area contributed by atoms with E-state index >= 15 is 0 Å². The highest BCUT2D eigenvalue weighted by Crippen LogP contribution is 2.27. The molecule has 0 aliphatic heterocycles. The average Bonchev–Trinajstić information content (AvgIpc) is 2.55. The van der Waals surface area contributed by atoms with E-state index in [9.17, 15) is 4.79 Å². The summed E-state index contributed by atoms with van der Waals surface area (Å²) in [6, 6.07) is 16.1. The molecule has 2 N–H and O–H groups in total. The third kappa shape index (κ3) is 5.33. The first-order chi connectivity index (χ1) is 11.2. The molecule has 2 rings (SSSR count). The predicted molar refractivity (Wildman–Crippen MR) is 91.5 cm³/mol. The molecule has 0 fully saturated rings. The molecule has 23 heavy (non-hydrogen) atoms. The van der Waals surface area contributed by atoms with Crippen molar-refractivity contribution < 1.29 is 14.3 Å². The lowest BCUT2D eigenvalue weighted by Crippen LogP contribution is -2.14. The van der Waals surface area contributed by atoms with Crippen LogP contribution in [0.4, 0.5) is 4.79 Å². The van der Waals surface area contributed by atoms with Crippen molar-refractivity contribution in [2.75, 3.05) is 13.2 Å². The summed E-state index contributed by atoms with van der Waals surface area (Å²) in [5.74, 6) is 0.874. The molecular formula is C19H23NO3. The molecule has 2 aromatic rings. The van der Waals surface area contributed by atoms with E-state index in [1.54, 1.807) is 0 Å². The summed E-state index contributed by atoms with van der Waals surface area (Å²) in [7, 11) is 0. The quantitative estimate of drug-likeness (QED) is 0.744. The van der Waals surface area contributed by atoms with Gasteiger partial charge in [0.25, 0.3) is 0 Å². The standard InChI is InChI=1S/C19H23NO3/c1-2-3-12-22-17-9-6-8-16(14-17)18-10-5-4-7-15(18)11-13-23-19(20)21/h4-10,14H,2-3,11-13H2,1H3,(H2,20,21). The summed E-state index contributed by atoms with van der Waals surface area (Å²) < 4.78 is 10.6. The van der Waals surface area contributed by atoms with Gasteiger partial charge in [-0.15, -0.1) is 0 Å². The zero-order chi connectivity index (χ0) is 16.5. The summed E-state index contributed by atoms with van der Waals surface area (Å²) >= 11 is 0. The van der Waals surface area contributed by atoms with Crippen molar-refractivity contribution in [3.8, 4) is 16.9 Å². The fourth-order valence-corrected chi connectivity index (χ4v) is 2.37. The molecular weight excluding hydrogens is 290 g/mol. The molecule has 0 unspecified atom stereocenters. The molecule has 2 aromatic carbocycles. The van der Waals surface area contributed by atoms with Gasteiger partial charge in [0, 0.05) is 6.42 Å². The fraction of sp³-hybridized carbons (Fsp3) is 0.316. The van der Waals surface area contributed by atoms with E-state index < -0.39 is 6.09 Å². The topological polar surface area (TPSA) is 61.6 Å². The van der Waals surface area contributed by atoms with Crippen LogP contribution in [0.25, 0.3) is 11.1 Å². The Bertz CT molecular complexity index is 640. The third-order valence-electron chi connectivity index (χ3n) is 3.54. The predicted octanol–water partition coefficient (Wildman–Crippen LogP) is 4.17. The Kier molecular flexibility index (Phi) is 6.48. The monoisotopic (exact) mass is 313 g/mol. The van der Waals surface area contributed by atoms with E-state index in [-0.39, 0.29) is 6.61 Å². The highest BCUT2D eigenvalue weighted by atomic mass is 16.5. The van der Waals surface area contributed by atoms with Crippen LogP contribution in [0, 0.1) is 0 Å². The van der Waals surface area contributed by atoms with Crippen LogP contribution in [0.15, 0.2) is 48.5 Å². The second-order valence-corrected chi connectivity index (χ2v) is 5.30. The second-order valence-electron chi connectivity index (χ2n) is 5.30. The van der Waals surface area contributed by atoms with Crippen LogP contribution in [0.1, 0.15) is 25.3 Å². The van der Waals surface area contributed by atoms with Crippen LogP contribution in [0.2, 0.25) is 0 Å². The lowest BCUT2D eigenvalue weighted by molar-refractivity contribution is 0.158. The smallest absolute Gasteiger partial charge is 0.404 e. The normalized spacial score (nSPS) is 10.3. The molecule has 0 saturated carbocycles. The summed E-state index contributed by atoms with van der Waals surface area (Å²) in [4.78, 5) is 10.7. The summed E-state index contributed by atoms with van der Waals surface area (Å²) in [5, 5.41) is 0. The van der Waals surface area contributed by atoms with Crippen molar-refractivity contribution in [1.82, 2.24) is 0 Å². The van der Waals surface area contributed by atoms with Crippen LogP contribution in [0.5, 0.6) is 5.75 Å². The van der Waals surface area contributed by atoms with Gasteiger partial charge in [-0.2, -0.15) is 0 Å². The van der Waals surface area contributed by atoms with Crippen molar-refractivity contribution in [3.63, 3.8) is 0 Å². The maximum atomic E-state index is 10.7. The van der Waals surface area contributed by atoms with Gasteiger partial charge in [-0.25, -0.2) is 4.79 Å². The molecule has 0 aliphatic carbocycles. The van der Waals surface area contributed by atoms with Gasteiger partial charge in [0.15, 0.2) is 0 Å². The number of benzene rings is 2. The van der Waals surface area contributed by atoms with E-state index in [1.165, 1.54) is 0 Å². The number of hydrogen-bond donors (Lipinski definition) is 1. The highest BCUT2D eigenvalue weighted by molar-refractivity contribution is 5.69. The van der Waals surface area contributed by atoms with Gasteiger partial charge < -0.3 is 15.2 Å². The molecule has 0 spiro atoms. The van der Waals surface area contributed by atoms with E-state index in [4.69, 9.17) is 15.2 Å². The van der Waals surface area contributed by atoms with Crippen molar-refractivity contribution in [3.05, 3.63) is 54.1 Å². The maximum absolute atomic E-state index is 10.7. The van der Waals surface area contributed by atoms with E-state index in [0.717, 1.165) is 41.9 Å². The van der Waals surface area contributed by atoms with Crippen LogP contribution in [0.3, 0.4) is 0 Å². The molecule has 4 nitrogen and oxygen atoms in total. The lowest BCUT2D eigenvalue weighted by atomic mass is 9.98. The van der Waals surface area contributed by atoms with Gasteiger partial charge in [-0.3, -0.25) is 0 Å². The molecule has 4 heteroatoms. The molecule has 0 atom stereocenters. The zero-order valence-electron chi connectivity index (χ0n) is 13.5. The molecule has 0 aromatic heterocycles. The first-order valence-electron chi connectivity index (χ1n) is 7.94. The van der Waals surface area contributed by atoms with Gasteiger partial charge in [-0.05, 0) is 35.2 Å². The Labute approximate surface area is 137 Å². The fourth-order valence-electron chi connectivity index (χ4n) is 2.37. The first-order valence-corrected chi connectivity index (χ1v) is 7.94. The maximum Gasteiger partial charge on any atom is 0.404 e. The van der Waals surface area contributed by atoms with Gasteiger partial charge in [0.2, 0.25) is 0 Å². The SMILES string of the molecule is CCCCOc1cccc(-c2ccccc2CCOC(N)=O)c1. The minimum atomic E-state index is -0.742. The minimum absolute atomic E-state index is 0.277. The van der Waals surface area contributed by atoms with Crippen molar-refractivity contribution in [2.45, 2.75) is 26.2 Å². The largest absolute Gasteiger partial charge is 0.494 e. The summed E-state index contributed by atoms with van der Waals surface area (Å²) in [6.07, 6.45) is 2.04. The summed E-state index contributed by atoms with van der Waals surface area (Å²) in [5.41, 5.74) is 8.32. The van der Waals surface area contributed by atoms with Crippen molar-refractivity contribution in [2.24, 2.45) is 5.73 Å². The summed E-state index contributed by atoms with van der Waals surface area (Å²) in [6.45, 7) is 3.15. The van der Waals surface area contributed by atoms with Crippen LogP contribution >= 0.6 is 0 Å². The van der Waals surface area contributed by atoms with E-state index in [1.807, 2.05) is 36.4 Å². The number of hydrogen-bond acceptors (Lipinski definition) is 3. The number of carbonyl (C=O) groups is 1. The van der Waals surface area contributed by atoms with Gasteiger partial charge in [0.05, 0.1) is 13.2 Å². The number of primary amides is 1. The molecule has 0 aliphatic rings. The van der Waals surface area contributed by atoms with Crippen molar-refractivity contribution >= 4 is 6.09 Å². The van der Waals surface area contributed by atoms with E-state index in [2.05, 4.69) is 19.1 Å². The first kappa shape index (κ1) is 16.9. The number of unbranched alkanes of at least 4 members (excludes halogenated alkanes) is 1. The minimum Gasteiger partial charge on any atom is -0.494 e. The third-order valence-corrected chi connectivity index (χ3v) is 3.54. The second kappa shape index (κ2) is 8.83. The van der Waals surface area contributed by atoms with E-state index in [0.29, 0.717) is 6.42 Å². The Morgan fingerprint density at radius 2 is 1.91 bits per heavy atom. The van der Waals surface area contributed by atoms with Gasteiger partial charge in [0.1, 0.15) is 5.75 Å². The van der Waals surface area contributed by atoms with Crippen LogP contribution in [-0.2, 0) is 11.2 Å². The van der Waals surface area contributed by atoms with Gasteiger partial charge in [-0.1, -0.05) is 49.7 Å². The number of rotatable bonds is 8. The Balaban J connectivity index is 2.14. The Hall–Kier alpha value is -2.49. The molecule has 0 heterocycles. The number of nitrogens with two attached hydrogens (primary N) is 1. The molecule has 0 radical (unpaired) electrons. The Morgan fingerprint density at radius 1 is 1.09 bits per heavy atom. The highest BCUT2D eigenvalue weighted by Gasteiger charge is 2.07. The van der Waals surface area contributed by atoms with Crippen molar-refractivity contribution in [1.29, 1.82) is 0 Å². The zero-order valence-corrected chi connectivity index (χ0v) is 13.5. The molecule has 122 valence electrons. The van der Waals surface area contributed by atoms with Crippen LogP contribution < -0.4 is 10.5 Å². The van der Waals surface area contributed by atoms with Crippen LogP contribution in [-0.4, -0.2) is 19.3 Å². The molecule has 0 saturated heterocycles. The molecule has 1 amide bonds. The average molecular weight is 313 g/mol. The number of ether oxygens (including phenoxy) is 2. The number of amides is 1. The lowest BCUT2D eigenvalue weighted by Gasteiger charge is -2.12. The number of carbonyl (C=O) groups excluding carboxylic acids is 1. The van der Waals surface area contributed by atoms with Gasteiger partial charge >= 0.3 is 6.09 Å².